The number of esters is 2. The molecule has 0 aliphatic rings. The lowest BCUT2D eigenvalue weighted by Gasteiger charge is -2.24. The maximum absolute atomic E-state index is 13.8. The number of ether oxygens (including phenoxy) is 2. The zero-order valence-electron chi connectivity index (χ0n) is 18.2. The third-order valence-electron chi connectivity index (χ3n) is 4.55. The monoisotopic (exact) mass is 475 g/mol. The van der Waals surface area contributed by atoms with Crippen LogP contribution in [0.3, 0.4) is 0 Å². The lowest BCUT2D eigenvalue weighted by atomic mass is 10.2. The van der Waals surface area contributed by atoms with E-state index >= 15 is 0 Å². The van der Waals surface area contributed by atoms with Crippen LogP contribution in [0.5, 0.6) is 5.75 Å². The molecule has 2 atom stereocenters. The molecule has 0 fully saturated rings. The molecule has 0 amide bonds. The van der Waals surface area contributed by atoms with Gasteiger partial charge < -0.3 is 14.0 Å². The number of rotatable bonds is 10. The molecule has 1 heterocycles. The van der Waals surface area contributed by atoms with E-state index in [-0.39, 0.29) is 6.16 Å². The Kier molecular flexibility index (Phi) is 8.07. The Bertz CT molecular complexity index is 1130. The lowest BCUT2D eigenvalue weighted by Crippen LogP contribution is -2.35. The van der Waals surface area contributed by atoms with Crippen molar-refractivity contribution in [3.05, 3.63) is 65.0 Å². The van der Waals surface area contributed by atoms with E-state index in [2.05, 4.69) is 5.09 Å². The summed E-state index contributed by atoms with van der Waals surface area (Å²) in [7, 11) is -2.20. The first-order valence-corrected chi connectivity index (χ1v) is 12.8. The average molecular weight is 476 g/mol. The molecular formula is C23H26NO6PS. The molecule has 3 rings (SSSR count). The number of para-hydroxylation sites is 1. The van der Waals surface area contributed by atoms with Crippen LogP contribution in [0.4, 0.5) is 0 Å². The molecule has 2 aromatic carbocycles. The molecule has 1 aromatic heterocycles. The van der Waals surface area contributed by atoms with Gasteiger partial charge in [0.25, 0.3) is 0 Å². The topological polar surface area (TPSA) is 90.9 Å². The fourth-order valence-corrected chi connectivity index (χ4v) is 6.07. The average Bonchev–Trinajstić information content (AvgIpc) is 3.20. The molecular weight excluding hydrogens is 449 g/mol. The molecule has 1 unspecified atom stereocenters. The van der Waals surface area contributed by atoms with Crippen LogP contribution in [-0.4, -0.2) is 31.7 Å². The Morgan fingerprint density at radius 1 is 1.12 bits per heavy atom. The second kappa shape index (κ2) is 10.8. The van der Waals surface area contributed by atoms with Crippen molar-refractivity contribution in [3.8, 4) is 5.75 Å². The highest BCUT2D eigenvalue weighted by Crippen LogP contribution is 2.47. The summed E-state index contributed by atoms with van der Waals surface area (Å²) in [6.45, 7) is 3.80. The largest absolute Gasteiger partial charge is 0.465 e. The predicted octanol–water partition coefficient (Wildman–Crippen LogP) is 5.39. The van der Waals surface area contributed by atoms with Crippen LogP contribution in [-0.2, 0) is 25.0 Å². The Morgan fingerprint density at radius 2 is 1.88 bits per heavy atom. The van der Waals surface area contributed by atoms with Gasteiger partial charge in [-0.2, -0.15) is 0 Å². The summed E-state index contributed by atoms with van der Waals surface area (Å²) in [5, 5.41) is 3.71. The van der Waals surface area contributed by atoms with Crippen LogP contribution in [0.2, 0.25) is 0 Å². The molecule has 3 aromatic rings. The van der Waals surface area contributed by atoms with Crippen molar-refractivity contribution in [2.45, 2.75) is 32.5 Å². The van der Waals surface area contributed by atoms with Crippen LogP contribution in [0.25, 0.3) is 10.1 Å². The second-order valence-corrected chi connectivity index (χ2v) is 10.4. The molecule has 0 saturated carbocycles. The quantitative estimate of drug-likeness (QED) is 0.310. The maximum atomic E-state index is 13.8. The minimum atomic E-state index is -3.54. The van der Waals surface area contributed by atoms with E-state index in [1.165, 1.54) is 18.4 Å². The minimum Gasteiger partial charge on any atom is -0.465 e. The highest BCUT2D eigenvalue weighted by atomic mass is 32.1. The van der Waals surface area contributed by atoms with Crippen molar-refractivity contribution in [1.29, 1.82) is 0 Å². The second-order valence-electron chi connectivity index (χ2n) is 7.23. The number of benzene rings is 2. The fourth-order valence-electron chi connectivity index (χ4n) is 3.06. The zero-order chi connectivity index (χ0) is 23.1. The Hall–Kier alpha value is -2.67. The van der Waals surface area contributed by atoms with Gasteiger partial charge in [-0.3, -0.25) is 9.36 Å². The van der Waals surface area contributed by atoms with Crippen molar-refractivity contribution in [2.75, 3.05) is 13.7 Å². The normalized spacial score (nSPS) is 13.8. The molecule has 0 bridgehead atoms. The molecule has 0 aliphatic carbocycles. The molecule has 0 radical (unpaired) electrons. The highest BCUT2D eigenvalue weighted by Gasteiger charge is 2.31. The van der Waals surface area contributed by atoms with E-state index in [4.69, 9.17) is 14.0 Å². The third-order valence-corrected chi connectivity index (χ3v) is 7.71. The van der Waals surface area contributed by atoms with Gasteiger partial charge >= 0.3 is 19.5 Å². The summed E-state index contributed by atoms with van der Waals surface area (Å²) in [6.07, 6.45) is 0.748. The van der Waals surface area contributed by atoms with Gasteiger partial charge in [-0.05, 0) is 54.6 Å². The number of thiophene rings is 1. The van der Waals surface area contributed by atoms with Crippen LogP contribution in [0.15, 0.2) is 54.6 Å². The number of fused-ring (bicyclic) bond motifs is 1. The smallest absolute Gasteiger partial charge is 0.348 e. The number of hydrogen-bond acceptors (Lipinski definition) is 7. The summed E-state index contributed by atoms with van der Waals surface area (Å²) in [4.78, 5) is 24.6. The van der Waals surface area contributed by atoms with E-state index in [0.717, 1.165) is 15.6 Å². The van der Waals surface area contributed by atoms with E-state index in [1.54, 1.807) is 37.3 Å². The van der Waals surface area contributed by atoms with Crippen LogP contribution < -0.4 is 9.61 Å². The van der Waals surface area contributed by atoms with Crippen LogP contribution in [0, 0.1) is 0 Å². The van der Waals surface area contributed by atoms with Gasteiger partial charge in [-0.25, -0.2) is 9.88 Å². The van der Waals surface area contributed by atoms with Gasteiger partial charge in [0.2, 0.25) is 0 Å². The maximum Gasteiger partial charge on any atom is 0.348 e. The SMILES string of the molecule is CCCOC(=O)[C@H](C)NP(=O)(Cc1ccc2sc(C(=O)OC)cc2c1)Oc1ccccc1. The third kappa shape index (κ3) is 6.19. The van der Waals surface area contributed by atoms with Crippen LogP contribution in [0.1, 0.15) is 35.5 Å². The molecule has 9 heteroatoms. The minimum absolute atomic E-state index is 0.0483. The predicted molar refractivity (Wildman–Crippen MR) is 125 cm³/mol. The highest BCUT2D eigenvalue weighted by molar-refractivity contribution is 7.56. The standard InChI is InChI=1S/C23H26NO6PS/c1-4-12-29-22(25)16(2)24-31(27,30-19-8-6-5-7-9-19)15-17-10-11-20-18(13-17)14-21(32-20)23(26)28-3/h5-11,13-14,16H,4,12,15H2,1-3H3,(H,24,27)/t16-,31?/m0/s1. The molecule has 0 saturated heterocycles. The lowest BCUT2D eigenvalue weighted by molar-refractivity contribution is -0.145. The Labute approximate surface area is 191 Å². The first-order valence-electron chi connectivity index (χ1n) is 10.2. The van der Waals surface area contributed by atoms with Crippen molar-refractivity contribution < 1.29 is 28.2 Å². The number of hydrogen-bond donors (Lipinski definition) is 1. The zero-order valence-corrected chi connectivity index (χ0v) is 19.9. The van der Waals surface area contributed by atoms with Gasteiger partial charge in [0.05, 0.1) is 19.9 Å². The van der Waals surface area contributed by atoms with Gasteiger partial charge in [0.15, 0.2) is 0 Å². The molecule has 1 N–H and O–H groups in total. The summed E-state index contributed by atoms with van der Waals surface area (Å²) in [5.74, 6) is -0.450. The summed E-state index contributed by atoms with van der Waals surface area (Å²) in [6, 6.07) is 15.3. The summed E-state index contributed by atoms with van der Waals surface area (Å²) in [5.41, 5.74) is 0.743. The summed E-state index contributed by atoms with van der Waals surface area (Å²) < 4.78 is 30.6. The molecule has 0 aliphatic heterocycles. The van der Waals surface area contributed by atoms with E-state index in [0.29, 0.717) is 23.7 Å². The number of methoxy groups -OCH3 is 1. The van der Waals surface area contributed by atoms with Crippen molar-refractivity contribution in [1.82, 2.24) is 5.09 Å². The number of carbonyl (C=O) groups is 2. The van der Waals surface area contributed by atoms with E-state index in [1.807, 2.05) is 31.2 Å². The van der Waals surface area contributed by atoms with Crippen LogP contribution >= 0.6 is 18.9 Å². The van der Waals surface area contributed by atoms with Gasteiger partial charge in [0.1, 0.15) is 16.7 Å². The first kappa shape index (κ1) is 24.0. The first-order chi connectivity index (χ1) is 15.3. The molecule has 7 nitrogen and oxygen atoms in total. The number of nitrogens with one attached hydrogen (secondary N) is 1. The van der Waals surface area contributed by atoms with Gasteiger partial charge in [-0.15, -0.1) is 11.3 Å². The summed E-state index contributed by atoms with van der Waals surface area (Å²) >= 11 is 1.33. The van der Waals surface area contributed by atoms with E-state index < -0.39 is 25.5 Å². The molecule has 32 heavy (non-hydrogen) atoms. The van der Waals surface area contributed by atoms with Crippen molar-refractivity contribution in [2.24, 2.45) is 0 Å². The molecule has 170 valence electrons. The van der Waals surface area contributed by atoms with Crippen molar-refractivity contribution >= 4 is 40.9 Å². The Morgan fingerprint density at radius 3 is 2.56 bits per heavy atom. The van der Waals surface area contributed by atoms with Gasteiger partial charge in [-0.1, -0.05) is 31.2 Å². The van der Waals surface area contributed by atoms with Crippen molar-refractivity contribution in [3.63, 3.8) is 0 Å². The van der Waals surface area contributed by atoms with Gasteiger partial charge in [0, 0.05) is 4.70 Å². The fraction of sp³-hybridized carbons (Fsp3) is 0.304. The number of carbonyl (C=O) groups excluding carboxylic acids is 2. The molecule has 0 spiro atoms. The van der Waals surface area contributed by atoms with E-state index in [9.17, 15) is 14.2 Å². The Balaban J connectivity index is 1.86.